The van der Waals surface area contributed by atoms with E-state index in [0.29, 0.717) is 23.5 Å². The second kappa shape index (κ2) is 7.70. The van der Waals surface area contributed by atoms with Crippen molar-refractivity contribution in [3.63, 3.8) is 0 Å². The SMILES string of the molecule is CCOc1ccc(Br)cc1C(=O)N/N=C/c1ccccc1F. The van der Waals surface area contributed by atoms with Gasteiger partial charge in [-0.3, -0.25) is 4.79 Å². The minimum atomic E-state index is -0.433. The number of hydrazone groups is 1. The highest BCUT2D eigenvalue weighted by Crippen LogP contribution is 2.23. The monoisotopic (exact) mass is 364 g/mol. The van der Waals surface area contributed by atoms with Crippen LogP contribution in [0.15, 0.2) is 52.0 Å². The quantitative estimate of drug-likeness (QED) is 0.648. The van der Waals surface area contributed by atoms with Crippen LogP contribution < -0.4 is 10.2 Å². The Hall–Kier alpha value is -2.21. The number of carbonyl (C=O) groups excluding carboxylic acids is 1. The summed E-state index contributed by atoms with van der Waals surface area (Å²) in [6.45, 7) is 2.28. The van der Waals surface area contributed by atoms with Crippen LogP contribution in [0.4, 0.5) is 4.39 Å². The van der Waals surface area contributed by atoms with Crippen molar-refractivity contribution in [2.45, 2.75) is 6.92 Å². The Balaban J connectivity index is 2.12. The van der Waals surface area contributed by atoms with E-state index in [1.165, 1.54) is 12.3 Å². The predicted octanol–water partition coefficient (Wildman–Crippen LogP) is 3.75. The van der Waals surface area contributed by atoms with E-state index in [-0.39, 0.29) is 0 Å². The van der Waals surface area contributed by atoms with Crippen LogP contribution in [-0.2, 0) is 0 Å². The third-order valence-corrected chi connectivity index (χ3v) is 3.25. The largest absolute Gasteiger partial charge is 0.493 e. The van der Waals surface area contributed by atoms with E-state index in [2.05, 4.69) is 26.5 Å². The summed E-state index contributed by atoms with van der Waals surface area (Å²) in [6.07, 6.45) is 1.26. The Morgan fingerprint density at radius 1 is 1.36 bits per heavy atom. The molecule has 0 aliphatic carbocycles. The van der Waals surface area contributed by atoms with Gasteiger partial charge in [-0.05, 0) is 31.2 Å². The van der Waals surface area contributed by atoms with E-state index in [4.69, 9.17) is 4.74 Å². The molecule has 0 atom stereocenters. The first-order chi connectivity index (χ1) is 10.6. The third kappa shape index (κ3) is 4.14. The first kappa shape index (κ1) is 16.2. The number of nitrogens with zero attached hydrogens (tertiary/aromatic N) is 1. The molecule has 0 bridgehead atoms. The van der Waals surface area contributed by atoms with Crippen LogP contribution in [-0.4, -0.2) is 18.7 Å². The van der Waals surface area contributed by atoms with Gasteiger partial charge in [0.25, 0.3) is 5.91 Å². The zero-order valence-corrected chi connectivity index (χ0v) is 13.4. The van der Waals surface area contributed by atoms with Gasteiger partial charge in [-0.2, -0.15) is 5.10 Å². The van der Waals surface area contributed by atoms with Crippen molar-refractivity contribution < 1.29 is 13.9 Å². The molecule has 0 spiro atoms. The van der Waals surface area contributed by atoms with E-state index in [1.54, 1.807) is 36.4 Å². The summed E-state index contributed by atoms with van der Waals surface area (Å²) < 4.78 is 19.6. The molecule has 22 heavy (non-hydrogen) atoms. The molecule has 1 amide bonds. The minimum Gasteiger partial charge on any atom is -0.493 e. The summed E-state index contributed by atoms with van der Waals surface area (Å²) in [5.74, 6) is -0.375. The zero-order valence-electron chi connectivity index (χ0n) is 11.8. The lowest BCUT2D eigenvalue weighted by molar-refractivity contribution is 0.0951. The lowest BCUT2D eigenvalue weighted by Gasteiger charge is -2.09. The summed E-state index contributed by atoms with van der Waals surface area (Å²) in [5, 5.41) is 3.77. The van der Waals surface area contributed by atoms with Gasteiger partial charge in [-0.25, -0.2) is 9.82 Å². The normalized spacial score (nSPS) is 10.7. The number of benzene rings is 2. The van der Waals surface area contributed by atoms with Crippen molar-refractivity contribution in [1.82, 2.24) is 5.43 Å². The Kier molecular flexibility index (Phi) is 5.66. The first-order valence-corrected chi connectivity index (χ1v) is 7.41. The van der Waals surface area contributed by atoms with E-state index in [1.807, 2.05) is 6.92 Å². The topological polar surface area (TPSA) is 50.7 Å². The fraction of sp³-hybridized carbons (Fsp3) is 0.125. The van der Waals surface area contributed by atoms with Crippen LogP contribution >= 0.6 is 15.9 Å². The van der Waals surface area contributed by atoms with E-state index < -0.39 is 11.7 Å². The van der Waals surface area contributed by atoms with Gasteiger partial charge >= 0.3 is 0 Å². The fourth-order valence-electron chi connectivity index (χ4n) is 1.76. The number of rotatable bonds is 5. The second-order valence-corrected chi connectivity index (χ2v) is 5.21. The van der Waals surface area contributed by atoms with Gasteiger partial charge in [-0.15, -0.1) is 0 Å². The molecule has 1 N–H and O–H groups in total. The van der Waals surface area contributed by atoms with Gasteiger partial charge in [0.2, 0.25) is 0 Å². The summed E-state index contributed by atoms with van der Waals surface area (Å²) >= 11 is 3.31. The Bertz CT molecular complexity index is 704. The van der Waals surface area contributed by atoms with Crippen LogP contribution in [0.2, 0.25) is 0 Å². The molecule has 0 saturated carbocycles. The van der Waals surface area contributed by atoms with Gasteiger partial charge in [0.1, 0.15) is 11.6 Å². The van der Waals surface area contributed by atoms with Crippen LogP contribution in [0.5, 0.6) is 5.75 Å². The highest BCUT2D eigenvalue weighted by atomic mass is 79.9. The number of hydrogen-bond acceptors (Lipinski definition) is 3. The number of carbonyl (C=O) groups is 1. The first-order valence-electron chi connectivity index (χ1n) is 6.62. The molecule has 114 valence electrons. The molecule has 2 aromatic rings. The lowest BCUT2D eigenvalue weighted by Crippen LogP contribution is -2.19. The average Bonchev–Trinajstić information content (AvgIpc) is 2.51. The molecular formula is C16H14BrFN2O2. The van der Waals surface area contributed by atoms with Gasteiger partial charge in [0.15, 0.2) is 0 Å². The summed E-state index contributed by atoms with van der Waals surface area (Å²) in [6, 6.07) is 11.3. The standard InChI is InChI=1S/C16H14BrFN2O2/c1-2-22-15-8-7-12(17)9-13(15)16(21)20-19-10-11-5-3-4-6-14(11)18/h3-10H,2H2,1H3,(H,20,21)/b19-10+. The maximum absolute atomic E-state index is 13.4. The molecule has 0 fully saturated rings. The molecule has 0 aromatic heterocycles. The molecule has 0 aliphatic rings. The van der Waals surface area contributed by atoms with Gasteiger partial charge in [0.05, 0.1) is 18.4 Å². The smallest absolute Gasteiger partial charge is 0.275 e. The molecule has 0 saturated heterocycles. The number of halogens is 2. The van der Waals surface area contributed by atoms with Crippen LogP contribution in [0, 0.1) is 5.82 Å². The van der Waals surface area contributed by atoms with Crippen molar-refractivity contribution in [3.05, 3.63) is 63.9 Å². The number of nitrogens with one attached hydrogen (secondary N) is 1. The molecule has 0 aliphatic heterocycles. The fourth-order valence-corrected chi connectivity index (χ4v) is 2.12. The van der Waals surface area contributed by atoms with Crippen LogP contribution in [0.3, 0.4) is 0 Å². The van der Waals surface area contributed by atoms with E-state index in [0.717, 1.165) is 4.47 Å². The van der Waals surface area contributed by atoms with Crippen molar-refractivity contribution >= 4 is 28.1 Å². The predicted molar refractivity (Wildman–Crippen MR) is 86.8 cm³/mol. The number of amides is 1. The van der Waals surface area contributed by atoms with E-state index in [9.17, 15) is 9.18 Å². The molecule has 6 heteroatoms. The van der Waals surface area contributed by atoms with Crippen molar-refractivity contribution in [2.75, 3.05) is 6.61 Å². The van der Waals surface area contributed by atoms with Gasteiger partial charge < -0.3 is 4.74 Å². The third-order valence-electron chi connectivity index (χ3n) is 2.76. The minimum absolute atomic E-state index is 0.294. The van der Waals surface area contributed by atoms with Gasteiger partial charge in [0, 0.05) is 10.0 Å². The lowest BCUT2D eigenvalue weighted by atomic mass is 10.2. The van der Waals surface area contributed by atoms with E-state index >= 15 is 0 Å². The molecule has 2 aromatic carbocycles. The molecular weight excluding hydrogens is 351 g/mol. The van der Waals surface area contributed by atoms with Gasteiger partial charge in [-0.1, -0.05) is 34.1 Å². The zero-order chi connectivity index (χ0) is 15.9. The van der Waals surface area contributed by atoms with Crippen molar-refractivity contribution in [3.8, 4) is 5.75 Å². The maximum atomic E-state index is 13.4. The average molecular weight is 365 g/mol. The summed E-state index contributed by atoms with van der Waals surface area (Å²) in [5.41, 5.74) is 3.01. The Morgan fingerprint density at radius 3 is 2.86 bits per heavy atom. The number of ether oxygens (including phenoxy) is 1. The molecule has 2 rings (SSSR count). The van der Waals surface area contributed by atoms with Crippen LogP contribution in [0.1, 0.15) is 22.8 Å². The molecule has 4 nitrogen and oxygen atoms in total. The number of hydrogen-bond donors (Lipinski definition) is 1. The van der Waals surface area contributed by atoms with Crippen molar-refractivity contribution in [1.29, 1.82) is 0 Å². The Labute approximate surface area is 136 Å². The van der Waals surface area contributed by atoms with Crippen molar-refractivity contribution in [2.24, 2.45) is 5.10 Å². The highest BCUT2D eigenvalue weighted by Gasteiger charge is 2.12. The molecule has 0 radical (unpaired) electrons. The molecule has 0 heterocycles. The Morgan fingerprint density at radius 2 is 2.14 bits per heavy atom. The summed E-state index contributed by atoms with van der Waals surface area (Å²) in [4.78, 5) is 12.1. The second-order valence-electron chi connectivity index (χ2n) is 4.29. The summed E-state index contributed by atoms with van der Waals surface area (Å²) in [7, 11) is 0. The molecule has 0 unspecified atom stereocenters. The maximum Gasteiger partial charge on any atom is 0.275 e. The van der Waals surface area contributed by atoms with Crippen LogP contribution in [0.25, 0.3) is 0 Å². The highest BCUT2D eigenvalue weighted by molar-refractivity contribution is 9.10.